The van der Waals surface area contributed by atoms with Crippen molar-refractivity contribution in [1.82, 2.24) is 9.97 Å². The number of aliphatic hydroxyl groups excluding tert-OH is 1. The van der Waals surface area contributed by atoms with Gasteiger partial charge in [0.1, 0.15) is 0 Å². The van der Waals surface area contributed by atoms with Crippen LogP contribution < -0.4 is 5.32 Å². The van der Waals surface area contributed by atoms with Crippen molar-refractivity contribution in [3.8, 4) is 11.3 Å². The maximum atomic E-state index is 9.61. The van der Waals surface area contributed by atoms with E-state index in [0.29, 0.717) is 0 Å². The molecule has 0 spiro atoms. The van der Waals surface area contributed by atoms with E-state index in [4.69, 9.17) is 0 Å². The Balaban J connectivity index is 1.64. The monoisotopic (exact) mass is 323 g/mol. The lowest BCUT2D eigenvalue weighted by Crippen LogP contribution is -1.92. The van der Waals surface area contributed by atoms with Crippen LogP contribution in [-0.4, -0.2) is 15.1 Å². The first-order valence-electron chi connectivity index (χ1n) is 7.73. The van der Waals surface area contributed by atoms with Crippen LogP contribution in [0.3, 0.4) is 0 Å². The topological polar surface area (TPSA) is 58.0 Å². The minimum Gasteiger partial charge on any atom is -0.391 e. The van der Waals surface area contributed by atoms with Gasteiger partial charge < -0.3 is 10.4 Å². The molecule has 5 heteroatoms. The second-order valence-corrected chi connectivity index (χ2v) is 6.73. The number of hydrogen-bond donors (Lipinski definition) is 2. The van der Waals surface area contributed by atoms with Gasteiger partial charge in [0.05, 0.1) is 17.2 Å². The van der Waals surface area contributed by atoms with E-state index in [1.807, 2.05) is 12.1 Å². The lowest BCUT2D eigenvalue weighted by molar-refractivity contribution is 0.286. The predicted octanol–water partition coefficient (Wildman–Crippen LogP) is 3.93. The lowest BCUT2D eigenvalue weighted by atomic mass is 10.1. The average molecular weight is 323 g/mol. The summed E-state index contributed by atoms with van der Waals surface area (Å²) < 4.78 is 0. The fourth-order valence-electron chi connectivity index (χ4n) is 3.02. The summed E-state index contributed by atoms with van der Waals surface area (Å²) in [6.07, 6.45) is 7.07. The molecule has 3 aromatic rings. The van der Waals surface area contributed by atoms with Crippen LogP contribution in [0.5, 0.6) is 0 Å². The molecular formula is C18H17N3OS. The van der Waals surface area contributed by atoms with Gasteiger partial charge in [-0.3, -0.25) is 4.98 Å². The highest BCUT2D eigenvalue weighted by Crippen LogP contribution is 2.33. The van der Waals surface area contributed by atoms with Crippen molar-refractivity contribution >= 4 is 22.2 Å². The number of benzene rings is 1. The summed E-state index contributed by atoms with van der Waals surface area (Å²) in [4.78, 5) is 9.55. The van der Waals surface area contributed by atoms with Crippen LogP contribution in [0.1, 0.15) is 22.4 Å². The van der Waals surface area contributed by atoms with Crippen molar-refractivity contribution in [2.75, 3.05) is 5.32 Å². The van der Waals surface area contributed by atoms with Gasteiger partial charge in [0.15, 0.2) is 5.13 Å². The van der Waals surface area contributed by atoms with Gasteiger partial charge in [-0.1, -0.05) is 17.4 Å². The van der Waals surface area contributed by atoms with Crippen LogP contribution in [0.4, 0.5) is 10.8 Å². The van der Waals surface area contributed by atoms with Gasteiger partial charge in [-0.25, -0.2) is 4.98 Å². The first kappa shape index (κ1) is 14.4. The number of aryl methyl sites for hydroxylation is 2. The van der Waals surface area contributed by atoms with Crippen LogP contribution >= 0.6 is 11.3 Å². The molecule has 4 nitrogen and oxygen atoms in total. The van der Waals surface area contributed by atoms with E-state index in [-0.39, 0.29) is 6.61 Å². The van der Waals surface area contributed by atoms with E-state index < -0.39 is 0 Å². The number of nitrogens with zero attached hydrogens (tertiary/aromatic N) is 2. The quantitative estimate of drug-likeness (QED) is 0.764. The smallest absolute Gasteiger partial charge is 0.188 e. The molecule has 0 saturated carbocycles. The third kappa shape index (κ3) is 2.85. The summed E-state index contributed by atoms with van der Waals surface area (Å²) in [5.74, 6) is 0. The number of rotatable bonds is 4. The number of hydrogen-bond acceptors (Lipinski definition) is 5. The summed E-state index contributed by atoms with van der Waals surface area (Å²) in [5.41, 5.74) is 5.75. The molecule has 0 unspecified atom stereocenters. The molecule has 0 amide bonds. The molecule has 116 valence electrons. The molecule has 1 aliphatic rings. The summed E-state index contributed by atoms with van der Waals surface area (Å²) in [6, 6.07) is 10.3. The number of thiazole rings is 1. The Bertz CT molecular complexity index is 830. The highest BCUT2D eigenvalue weighted by Gasteiger charge is 2.14. The molecule has 4 rings (SSSR count). The van der Waals surface area contributed by atoms with Crippen LogP contribution in [0, 0.1) is 0 Å². The van der Waals surface area contributed by atoms with Gasteiger partial charge in [-0.15, -0.1) is 0 Å². The normalized spacial score (nSPS) is 13.1. The fraction of sp³-hybridized carbons (Fsp3) is 0.222. The number of pyridine rings is 1. The highest BCUT2D eigenvalue weighted by atomic mass is 32.1. The first-order chi connectivity index (χ1) is 11.3. The first-order valence-corrected chi connectivity index (χ1v) is 8.55. The minimum absolute atomic E-state index is 0.0127. The highest BCUT2D eigenvalue weighted by molar-refractivity contribution is 7.16. The number of aliphatic hydroxyl groups is 1. The maximum absolute atomic E-state index is 9.61. The molecule has 2 aromatic heterocycles. The zero-order valence-corrected chi connectivity index (χ0v) is 13.4. The molecule has 2 heterocycles. The van der Waals surface area contributed by atoms with Gasteiger partial charge in [-0.2, -0.15) is 0 Å². The predicted molar refractivity (Wildman–Crippen MR) is 93.0 cm³/mol. The van der Waals surface area contributed by atoms with Gasteiger partial charge in [0, 0.05) is 23.6 Å². The summed E-state index contributed by atoms with van der Waals surface area (Å²) in [5, 5.41) is 13.8. The molecule has 0 atom stereocenters. The Labute approximate surface area is 138 Å². The van der Waals surface area contributed by atoms with E-state index in [9.17, 15) is 5.11 Å². The van der Waals surface area contributed by atoms with E-state index in [0.717, 1.165) is 33.4 Å². The Hall–Kier alpha value is -2.24. The van der Waals surface area contributed by atoms with Gasteiger partial charge in [0.25, 0.3) is 0 Å². The van der Waals surface area contributed by atoms with E-state index in [1.54, 1.807) is 12.4 Å². The van der Waals surface area contributed by atoms with Crippen molar-refractivity contribution in [2.45, 2.75) is 25.9 Å². The molecule has 23 heavy (non-hydrogen) atoms. The van der Waals surface area contributed by atoms with Gasteiger partial charge in [-0.05, 0) is 54.7 Å². The second kappa shape index (κ2) is 6.10. The fourth-order valence-corrected chi connectivity index (χ4v) is 3.88. The van der Waals surface area contributed by atoms with Crippen molar-refractivity contribution in [2.24, 2.45) is 0 Å². The summed E-state index contributed by atoms with van der Waals surface area (Å²) in [6.45, 7) is -0.0127. The van der Waals surface area contributed by atoms with Crippen LogP contribution in [0.15, 0.2) is 42.7 Å². The second-order valence-electron chi connectivity index (χ2n) is 5.65. The molecule has 2 N–H and O–H groups in total. The molecular weight excluding hydrogens is 306 g/mol. The summed E-state index contributed by atoms with van der Waals surface area (Å²) >= 11 is 1.49. The van der Waals surface area contributed by atoms with Crippen molar-refractivity contribution in [3.05, 3.63) is 58.7 Å². The zero-order valence-electron chi connectivity index (χ0n) is 12.6. The van der Waals surface area contributed by atoms with E-state index in [1.165, 1.54) is 35.3 Å². The number of aromatic nitrogens is 2. The third-order valence-electron chi connectivity index (χ3n) is 4.14. The Morgan fingerprint density at radius 2 is 1.91 bits per heavy atom. The number of fused-ring (bicyclic) bond motifs is 1. The van der Waals surface area contributed by atoms with Crippen molar-refractivity contribution in [3.63, 3.8) is 0 Å². The molecule has 1 aromatic carbocycles. The standard InChI is InChI=1S/C18H17N3OS/c22-11-16-17(13-6-8-19-9-7-13)21-18(23-16)20-15-5-4-12-2-1-3-14(12)10-15/h4-10,22H,1-3,11H2,(H,20,21). The Morgan fingerprint density at radius 3 is 2.74 bits per heavy atom. The largest absolute Gasteiger partial charge is 0.391 e. The van der Waals surface area contributed by atoms with Gasteiger partial charge in [0.2, 0.25) is 0 Å². The van der Waals surface area contributed by atoms with Crippen LogP contribution in [0.25, 0.3) is 11.3 Å². The van der Waals surface area contributed by atoms with Crippen molar-refractivity contribution in [1.29, 1.82) is 0 Å². The zero-order chi connectivity index (χ0) is 15.6. The molecule has 0 fully saturated rings. The SMILES string of the molecule is OCc1sc(Nc2ccc3c(c2)CCC3)nc1-c1ccncc1. The van der Waals surface area contributed by atoms with Crippen LogP contribution in [0.2, 0.25) is 0 Å². The molecule has 0 radical (unpaired) electrons. The Morgan fingerprint density at radius 1 is 1.09 bits per heavy atom. The van der Waals surface area contributed by atoms with Crippen molar-refractivity contribution < 1.29 is 5.11 Å². The molecule has 0 saturated heterocycles. The van der Waals surface area contributed by atoms with E-state index in [2.05, 4.69) is 33.5 Å². The molecule has 0 aliphatic heterocycles. The number of nitrogens with one attached hydrogen (secondary N) is 1. The van der Waals surface area contributed by atoms with E-state index >= 15 is 0 Å². The number of anilines is 2. The average Bonchev–Trinajstić information content (AvgIpc) is 3.21. The molecule has 1 aliphatic carbocycles. The Kier molecular flexibility index (Phi) is 3.81. The maximum Gasteiger partial charge on any atom is 0.188 e. The third-order valence-corrected chi connectivity index (χ3v) is 5.10. The molecule has 0 bridgehead atoms. The lowest BCUT2D eigenvalue weighted by Gasteiger charge is -2.05. The van der Waals surface area contributed by atoms with Gasteiger partial charge >= 0.3 is 0 Å². The summed E-state index contributed by atoms with van der Waals surface area (Å²) in [7, 11) is 0. The van der Waals surface area contributed by atoms with Crippen LogP contribution in [-0.2, 0) is 19.4 Å². The minimum atomic E-state index is -0.0127.